The Bertz CT molecular complexity index is 891. The van der Waals surface area contributed by atoms with Gasteiger partial charge in [0.05, 0.1) is 0 Å². The molecule has 25 heavy (non-hydrogen) atoms. The van der Waals surface area contributed by atoms with Gasteiger partial charge in [-0.1, -0.05) is 6.92 Å². The number of carbonyl (C=O) groups excluding carboxylic acids is 1. The van der Waals surface area contributed by atoms with E-state index in [0.717, 1.165) is 22.8 Å². The molecule has 1 fully saturated rings. The maximum atomic E-state index is 12.0. The van der Waals surface area contributed by atoms with Crippen molar-refractivity contribution >= 4 is 17.7 Å². The minimum absolute atomic E-state index is 0.191. The van der Waals surface area contributed by atoms with Gasteiger partial charge in [-0.2, -0.15) is 0 Å². The van der Waals surface area contributed by atoms with Gasteiger partial charge in [-0.15, -0.1) is 0 Å². The first kappa shape index (κ1) is 15.4. The van der Waals surface area contributed by atoms with Crippen LogP contribution in [0.25, 0.3) is 17.5 Å². The first-order valence-corrected chi connectivity index (χ1v) is 8.37. The lowest BCUT2D eigenvalue weighted by molar-refractivity contribution is -0.111. The van der Waals surface area contributed by atoms with Crippen LogP contribution in [0.15, 0.2) is 59.3 Å². The number of benzene rings is 1. The number of aromatic nitrogens is 2. The number of anilines is 1. The minimum Gasteiger partial charge on any atom is -0.461 e. The van der Waals surface area contributed by atoms with Crippen molar-refractivity contribution in [2.45, 2.75) is 19.3 Å². The van der Waals surface area contributed by atoms with Crippen LogP contribution in [0.2, 0.25) is 0 Å². The molecule has 2 atom stereocenters. The predicted octanol–water partition coefficient (Wildman–Crippen LogP) is 4.45. The molecule has 4 rings (SSSR count). The van der Waals surface area contributed by atoms with Crippen molar-refractivity contribution in [2.75, 3.05) is 5.32 Å². The molecule has 2 unspecified atom stereocenters. The van der Waals surface area contributed by atoms with Gasteiger partial charge in [0.2, 0.25) is 5.91 Å². The van der Waals surface area contributed by atoms with Crippen molar-refractivity contribution in [2.24, 2.45) is 5.92 Å². The van der Waals surface area contributed by atoms with Crippen LogP contribution in [0.3, 0.4) is 0 Å². The van der Waals surface area contributed by atoms with E-state index < -0.39 is 0 Å². The molecule has 1 amide bonds. The van der Waals surface area contributed by atoms with Crippen LogP contribution in [0, 0.1) is 5.92 Å². The number of H-pyrrole nitrogens is 1. The molecule has 2 N–H and O–H groups in total. The van der Waals surface area contributed by atoms with Gasteiger partial charge in [-0.05, 0) is 54.8 Å². The molecule has 1 aromatic carbocycles. The molecule has 1 aliphatic carbocycles. The highest BCUT2D eigenvalue weighted by Crippen LogP contribution is 2.47. The van der Waals surface area contributed by atoms with E-state index in [1.165, 1.54) is 12.5 Å². The molecule has 0 spiro atoms. The van der Waals surface area contributed by atoms with Gasteiger partial charge in [-0.25, -0.2) is 4.98 Å². The molecule has 0 saturated heterocycles. The number of imidazole rings is 1. The highest BCUT2D eigenvalue weighted by atomic mass is 16.3. The number of rotatable bonds is 5. The molecule has 2 heterocycles. The van der Waals surface area contributed by atoms with Crippen molar-refractivity contribution in [1.29, 1.82) is 0 Å². The van der Waals surface area contributed by atoms with Crippen LogP contribution >= 0.6 is 0 Å². The summed E-state index contributed by atoms with van der Waals surface area (Å²) < 4.78 is 5.76. The van der Waals surface area contributed by atoms with Gasteiger partial charge >= 0.3 is 0 Å². The van der Waals surface area contributed by atoms with Crippen LogP contribution in [0.1, 0.15) is 30.8 Å². The fraction of sp³-hybridized carbons (Fsp3) is 0.200. The molecule has 5 heteroatoms. The molecule has 2 aromatic heterocycles. The average Bonchev–Trinajstić information content (AvgIpc) is 3.06. The van der Waals surface area contributed by atoms with Gasteiger partial charge in [0.1, 0.15) is 17.3 Å². The third kappa shape index (κ3) is 3.55. The Morgan fingerprint density at radius 1 is 1.28 bits per heavy atom. The lowest BCUT2D eigenvalue weighted by Gasteiger charge is -2.03. The van der Waals surface area contributed by atoms with Crippen LogP contribution < -0.4 is 5.32 Å². The fourth-order valence-electron chi connectivity index (χ4n) is 2.85. The smallest absolute Gasteiger partial charge is 0.248 e. The predicted molar refractivity (Wildman–Crippen MR) is 96.9 cm³/mol. The quantitative estimate of drug-likeness (QED) is 0.678. The summed E-state index contributed by atoms with van der Waals surface area (Å²) in [7, 11) is 0. The van der Waals surface area contributed by atoms with E-state index in [9.17, 15) is 4.79 Å². The first-order valence-electron chi connectivity index (χ1n) is 8.37. The third-order valence-electron chi connectivity index (χ3n) is 4.45. The summed E-state index contributed by atoms with van der Waals surface area (Å²) in [5.41, 5.74) is 1.70. The number of furan rings is 1. The molecule has 1 saturated carbocycles. The Morgan fingerprint density at radius 2 is 2.08 bits per heavy atom. The van der Waals surface area contributed by atoms with E-state index in [1.807, 2.05) is 36.4 Å². The number of amides is 1. The van der Waals surface area contributed by atoms with E-state index in [4.69, 9.17) is 4.42 Å². The number of nitrogens with one attached hydrogen (secondary N) is 2. The second-order valence-electron chi connectivity index (χ2n) is 6.40. The summed E-state index contributed by atoms with van der Waals surface area (Å²) in [6, 6.07) is 11.4. The average molecular weight is 333 g/mol. The first-order chi connectivity index (χ1) is 12.2. The lowest BCUT2D eigenvalue weighted by Crippen LogP contribution is -2.07. The van der Waals surface area contributed by atoms with Gasteiger partial charge in [-0.3, -0.25) is 4.79 Å². The normalized spacial score (nSPS) is 19.2. The standard InChI is InChI=1S/C20H19N3O2/c1-13-12-17(13)18-8-6-16(25-18)7-9-19(24)23-15-4-2-14(3-5-15)20-21-10-11-22-20/h2-11,13,17H,12H2,1H3,(H,21,22)(H,23,24). The van der Waals surface area contributed by atoms with Crippen molar-refractivity contribution in [3.8, 4) is 11.4 Å². The number of hydrogen-bond donors (Lipinski definition) is 2. The Morgan fingerprint density at radius 3 is 2.76 bits per heavy atom. The van der Waals surface area contributed by atoms with Crippen LogP contribution in [-0.4, -0.2) is 15.9 Å². The van der Waals surface area contributed by atoms with Crippen LogP contribution in [0.5, 0.6) is 0 Å². The SMILES string of the molecule is CC1CC1c1ccc(C=CC(=O)Nc2ccc(-c3ncc[nH]3)cc2)o1. The van der Waals surface area contributed by atoms with Crippen LogP contribution in [0.4, 0.5) is 5.69 Å². The van der Waals surface area contributed by atoms with Gasteiger partial charge < -0.3 is 14.7 Å². The maximum Gasteiger partial charge on any atom is 0.248 e. The zero-order chi connectivity index (χ0) is 17.2. The largest absolute Gasteiger partial charge is 0.461 e. The second kappa shape index (κ2) is 6.43. The summed E-state index contributed by atoms with van der Waals surface area (Å²) in [4.78, 5) is 19.3. The molecule has 5 nitrogen and oxygen atoms in total. The summed E-state index contributed by atoms with van der Waals surface area (Å²) in [6.07, 6.45) is 7.85. The molecule has 126 valence electrons. The van der Waals surface area contributed by atoms with E-state index in [1.54, 1.807) is 18.5 Å². The van der Waals surface area contributed by atoms with Crippen molar-refractivity contribution in [1.82, 2.24) is 9.97 Å². The van der Waals surface area contributed by atoms with Crippen molar-refractivity contribution < 1.29 is 9.21 Å². The van der Waals surface area contributed by atoms with E-state index in [2.05, 4.69) is 22.2 Å². The molecule has 3 aromatic rings. The number of aromatic amines is 1. The molecular formula is C20H19N3O2. The Labute approximate surface area is 145 Å². The zero-order valence-corrected chi connectivity index (χ0v) is 13.9. The number of nitrogens with zero attached hydrogens (tertiary/aromatic N) is 1. The van der Waals surface area contributed by atoms with Gasteiger partial charge in [0.25, 0.3) is 0 Å². The van der Waals surface area contributed by atoms with Gasteiger partial charge in [0, 0.05) is 35.6 Å². The van der Waals surface area contributed by atoms with E-state index in [-0.39, 0.29) is 5.91 Å². The highest BCUT2D eigenvalue weighted by molar-refractivity contribution is 6.01. The summed E-state index contributed by atoms with van der Waals surface area (Å²) >= 11 is 0. The minimum atomic E-state index is -0.191. The molecular weight excluding hydrogens is 314 g/mol. The fourth-order valence-corrected chi connectivity index (χ4v) is 2.85. The number of carbonyl (C=O) groups is 1. The van der Waals surface area contributed by atoms with E-state index in [0.29, 0.717) is 17.6 Å². The van der Waals surface area contributed by atoms with Gasteiger partial charge in [0.15, 0.2) is 0 Å². The topological polar surface area (TPSA) is 70.9 Å². The zero-order valence-electron chi connectivity index (χ0n) is 13.9. The molecule has 1 aliphatic rings. The van der Waals surface area contributed by atoms with E-state index >= 15 is 0 Å². The molecule has 0 bridgehead atoms. The summed E-state index contributed by atoms with van der Waals surface area (Å²) in [5, 5.41) is 2.84. The Kier molecular flexibility index (Phi) is 3.98. The lowest BCUT2D eigenvalue weighted by atomic mass is 10.2. The summed E-state index contributed by atoms with van der Waals surface area (Å²) in [6.45, 7) is 2.22. The Balaban J connectivity index is 1.36. The second-order valence-corrected chi connectivity index (χ2v) is 6.40. The maximum absolute atomic E-state index is 12.0. The Hall–Kier alpha value is -3.08. The van der Waals surface area contributed by atoms with Crippen LogP contribution in [-0.2, 0) is 4.79 Å². The molecule has 0 aliphatic heterocycles. The monoisotopic (exact) mass is 333 g/mol. The third-order valence-corrected chi connectivity index (χ3v) is 4.45. The van der Waals surface area contributed by atoms with Crippen molar-refractivity contribution in [3.05, 3.63) is 66.4 Å². The highest BCUT2D eigenvalue weighted by Gasteiger charge is 2.36. The number of hydrogen-bond acceptors (Lipinski definition) is 3. The summed E-state index contributed by atoms with van der Waals surface area (Å²) in [5.74, 6) is 3.58. The van der Waals surface area contributed by atoms with Crippen molar-refractivity contribution in [3.63, 3.8) is 0 Å². The molecule has 0 radical (unpaired) electrons.